The van der Waals surface area contributed by atoms with Gasteiger partial charge >= 0.3 is 11.8 Å². The average Bonchev–Trinajstić information content (AvgIpc) is 2.25. The van der Waals surface area contributed by atoms with Gasteiger partial charge in [0, 0.05) is 0 Å². The summed E-state index contributed by atoms with van der Waals surface area (Å²) < 4.78 is 4.63. The summed E-state index contributed by atoms with van der Waals surface area (Å²) in [5, 5.41) is 13.2. The third kappa shape index (κ3) is 4.01. The molecule has 0 aliphatic heterocycles. The van der Waals surface area contributed by atoms with Gasteiger partial charge in [0.05, 0.1) is 11.5 Å². The number of nitrogens with one attached hydrogen (secondary N) is 1. The van der Waals surface area contributed by atoms with Crippen molar-refractivity contribution in [3.8, 4) is 0 Å². The molecule has 1 unspecified atom stereocenters. The first kappa shape index (κ1) is 13.9. The predicted octanol–water partition coefficient (Wildman–Crippen LogP) is 0.934. The second-order valence-corrected chi connectivity index (χ2v) is 3.60. The van der Waals surface area contributed by atoms with E-state index in [1.165, 1.54) is 0 Å². The number of anilines is 1. The van der Waals surface area contributed by atoms with Gasteiger partial charge in [0.2, 0.25) is 11.1 Å². The predicted molar refractivity (Wildman–Crippen MR) is 62.3 cm³/mol. The molecule has 0 bridgehead atoms. The largest absolute Gasteiger partial charge is 0.445 e. The van der Waals surface area contributed by atoms with E-state index in [1.807, 2.05) is 0 Å². The van der Waals surface area contributed by atoms with E-state index in [9.17, 15) is 14.9 Å². The number of primary amides is 1. The van der Waals surface area contributed by atoms with Crippen molar-refractivity contribution in [1.82, 2.24) is 9.97 Å². The van der Waals surface area contributed by atoms with Crippen molar-refractivity contribution in [2.24, 2.45) is 5.73 Å². The highest BCUT2D eigenvalue weighted by atomic mass is 35.5. The lowest BCUT2D eigenvalue weighted by Gasteiger charge is -2.12. The number of carbonyl (C=O) groups is 1. The fraction of sp³-hybridized carbons (Fsp3) is 0.375. The number of nitrogens with zero attached hydrogens (tertiary/aromatic N) is 3. The number of carbonyl (C=O) groups excluding carboxylic acids is 1. The Morgan fingerprint density at radius 3 is 3.00 bits per heavy atom. The third-order valence-electron chi connectivity index (χ3n) is 1.81. The number of halogens is 1. The molecule has 0 aromatic carbocycles. The van der Waals surface area contributed by atoms with Crippen LogP contribution in [0.2, 0.25) is 5.28 Å². The minimum Gasteiger partial charge on any atom is -0.445 e. The van der Waals surface area contributed by atoms with Crippen molar-refractivity contribution in [2.45, 2.75) is 13.0 Å². The molecule has 0 saturated heterocycles. The van der Waals surface area contributed by atoms with Crippen LogP contribution in [0.5, 0.6) is 0 Å². The van der Waals surface area contributed by atoms with Crippen LogP contribution in [0.25, 0.3) is 0 Å². The van der Waals surface area contributed by atoms with Crippen molar-refractivity contribution in [3.05, 3.63) is 21.6 Å². The maximum Gasteiger partial charge on any atom is 0.404 e. The summed E-state index contributed by atoms with van der Waals surface area (Å²) in [6.07, 6.45) is -0.521. The summed E-state index contributed by atoms with van der Waals surface area (Å²) in [5.41, 5.74) is 4.49. The molecule has 0 aliphatic rings. The number of nitrogens with two attached hydrogens (primary N) is 1. The topological polar surface area (TPSA) is 133 Å². The molecule has 1 aromatic rings. The van der Waals surface area contributed by atoms with E-state index in [2.05, 4.69) is 20.0 Å². The standard InChI is InChI=1S/C8H10ClN5O4/c1-4(18-8(10)15)2-11-6-5(14(16)17)3-12-7(9)13-6/h3-4H,2H2,1H3,(H2,10,15)(H,11,12,13). The quantitative estimate of drug-likeness (QED) is 0.464. The lowest BCUT2D eigenvalue weighted by molar-refractivity contribution is -0.384. The minimum absolute atomic E-state index is 0.0556. The Morgan fingerprint density at radius 1 is 1.78 bits per heavy atom. The van der Waals surface area contributed by atoms with Crippen molar-refractivity contribution < 1.29 is 14.5 Å². The van der Waals surface area contributed by atoms with Crippen LogP contribution in [-0.2, 0) is 4.74 Å². The summed E-state index contributed by atoms with van der Waals surface area (Å²) >= 11 is 5.53. The zero-order valence-corrected chi connectivity index (χ0v) is 10.0. The van der Waals surface area contributed by atoms with Crippen LogP contribution in [0, 0.1) is 10.1 Å². The molecule has 1 aromatic heterocycles. The maximum atomic E-state index is 10.7. The lowest BCUT2D eigenvalue weighted by Crippen LogP contribution is -2.26. The van der Waals surface area contributed by atoms with E-state index in [0.29, 0.717) is 0 Å². The van der Waals surface area contributed by atoms with Crippen molar-refractivity contribution >= 4 is 29.2 Å². The van der Waals surface area contributed by atoms with Gasteiger partial charge in [-0.1, -0.05) is 0 Å². The number of nitro groups is 1. The Balaban J connectivity index is 2.74. The number of amides is 1. The van der Waals surface area contributed by atoms with Gasteiger partial charge in [-0.15, -0.1) is 0 Å². The van der Waals surface area contributed by atoms with Gasteiger partial charge in [-0.05, 0) is 18.5 Å². The Hall–Kier alpha value is -2.16. The van der Waals surface area contributed by atoms with Gasteiger partial charge in [-0.25, -0.2) is 9.78 Å². The molecule has 9 nitrogen and oxygen atoms in total. The Kier molecular flexibility index (Phi) is 4.60. The first-order valence-electron chi connectivity index (χ1n) is 4.77. The van der Waals surface area contributed by atoms with Crippen molar-refractivity contribution in [1.29, 1.82) is 0 Å². The van der Waals surface area contributed by atoms with Gasteiger partial charge in [-0.3, -0.25) is 10.1 Å². The van der Waals surface area contributed by atoms with E-state index in [0.717, 1.165) is 6.20 Å². The minimum atomic E-state index is -0.931. The maximum absolute atomic E-state index is 10.7. The van der Waals surface area contributed by atoms with Crippen LogP contribution in [0.1, 0.15) is 6.92 Å². The molecule has 1 rings (SSSR count). The Bertz CT molecular complexity index is 469. The van der Waals surface area contributed by atoms with E-state index < -0.39 is 17.1 Å². The molecule has 0 spiro atoms. The van der Waals surface area contributed by atoms with E-state index in [-0.39, 0.29) is 23.3 Å². The highest BCUT2D eigenvalue weighted by Gasteiger charge is 2.17. The fourth-order valence-electron chi connectivity index (χ4n) is 1.10. The monoisotopic (exact) mass is 275 g/mol. The number of hydrogen-bond donors (Lipinski definition) is 2. The van der Waals surface area contributed by atoms with Crippen LogP contribution in [0.3, 0.4) is 0 Å². The van der Waals surface area contributed by atoms with Gasteiger partial charge in [0.15, 0.2) is 0 Å². The van der Waals surface area contributed by atoms with E-state index >= 15 is 0 Å². The number of ether oxygens (including phenoxy) is 1. The normalized spacial score (nSPS) is 11.7. The summed E-state index contributed by atoms with van der Waals surface area (Å²) in [7, 11) is 0. The number of rotatable bonds is 5. The third-order valence-corrected chi connectivity index (χ3v) is 1.99. The zero-order chi connectivity index (χ0) is 13.7. The summed E-state index contributed by atoms with van der Waals surface area (Å²) in [4.78, 5) is 27.7. The fourth-order valence-corrected chi connectivity index (χ4v) is 1.23. The number of hydrogen-bond acceptors (Lipinski definition) is 7. The Morgan fingerprint density at radius 2 is 2.44 bits per heavy atom. The number of aromatic nitrogens is 2. The second-order valence-electron chi connectivity index (χ2n) is 3.26. The van der Waals surface area contributed by atoms with E-state index in [1.54, 1.807) is 6.92 Å². The van der Waals surface area contributed by atoms with Crippen LogP contribution in [0.4, 0.5) is 16.3 Å². The summed E-state index contributed by atoms with van der Waals surface area (Å²) in [6.45, 7) is 1.66. The van der Waals surface area contributed by atoms with Crippen molar-refractivity contribution in [3.63, 3.8) is 0 Å². The first-order chi connectivity index (χ1) is 8.40. The van der Waals surface area contributed by atoms with Crippen LogP contribution >= 0.6 is 11.6 Å². The molecule has 3 N–H and O–H groups in total. The molecule has 1 amide bonds. The average molecular weight is 276 g/mol. The molecule has 1 atom stereocenters. The first-order valence-corrected chi connectivity index (χ1v) is 5.15. The second kappa shape index (κ2) is 5.96. The molecular formula is C8H10ClN5O4. The summed E-state index contributed by atoms with van der Waals surface area (Å²) in [6, 6.07) is 0. The summed E-state index contributed by atoms with van der Waals surface area (Å²) in [5.74, 6) is -0.0556. The molecule has 0 aliphatic carbocycles. The van der Waals surface area contributed by atoms with Crippen LogP contribution in [0.15, 0.2) is 6.20 Å². The van der Waals surface area contributed by atoms with Gasteiger partial charge in [0.25, 0.3) is 0 Å². The van der Waals surface area contributed by atoms with Crippen molar-refractivity contribution in [2.75, 3.05) is 11.9 Å². The van der Waals surface area contributed by atoms with Crippen LogP contribution in [-0.4, -0.2) is 33.6 Å². The molecule has 1 heterocycles. The molecular weight excluding hydrogens is 266 g/mol. The molecule has 0 fully saturated rings. The van der Waals surface area contributed by atoms with Gasteiger partial charge in [-0.2, -0.15) is 4.98 Å². The molecule has 0 saturated carbocycles. The SMILES string of the molecule is CC(CNc1nc(Cl)ncc1[N+](=O)[O-])OC(N)=O. The van der Waals surface area contributed by atoms with Crippen LogP contribution < -0.4 is 11.1 Å². The van der Waals surface area contributed by atoms with Gasteiger partial charge < -0.3 is 15.8 Å². The zero-order valence-electron chi connectivity index (χ0n) is 9.29. The lowest BCUT2D eigenvalue weighted by atomic mass is 10.4. The molecule has 0 radical (unpaired) electrons. The Labute approximate surface area is 106 Å². The highest BCUT2D eigenvalue weighted by Crippen LogP contribution is 2.21. The van der Waals surface area contributed by atoms with E-state index in [4.69, 9.17) is 17.3 Å². The molecule has 10 heteroatoms. The molecule has 18 heavy (non-hydrogen) atoms. The molecule has 98 valence electrons. The highest BCUT2D eigenvalue weighted by molar-refractivity contribution is 6.28. The van der Waals surface area contributed by atoms with Gasteiger partial charge in [0.1, 0.15) is 12.3 Å². The smallest absolute Gasteiger partial charge is 0.404 e.